The molecule has 0 fully saturated rings. The number of fused-ring (bicyclic) bond motifs is 6. The Hall–Kier alpha value is -4.97. The fourth-order valence-electron chi connectivity index (χ4n) is 8.08. The predicted molar refractivity (Wildman–Crippen MR) is 194 cm³/mol. The number of carbonyl (C=O) groups excluding carboxylic acids is 1. The van der Waals surface area contributed by atoms with E-state index in [4.69, 9.17) is 5.11 Å². The molecule has 2 N–H and O–H groups in total. The molecule has 0 atom stereocenters. The zero-order valence-corrected chi connectivity index (χ0v) is 28.4. The van der Waals surface area contributed by atoms with Gasteiger partial charge in [-0.25, -0.2) is 0 Å². The second-order valence-electron chi connectivity index (χ2n) is 14.3. The van der Waals surface area contributed by atoms with Gasteiger partial charge in [-0.1, -0.05) is 80.6 Å². The number of allylic oxidation sites excluding steroid dienone is 5. The molecule has 4 aromatic rings. The van der Waals surface area contributed by atoms with Crippen molar-refractivity contribution < 1.29 is 24.4 Å². The Labute approximate surface area is 282 Å². The largest absolute Gasteiger partial charge is 0.506 e. The van der Waals surface area contributed by atoms with Crippen LogP contribution in [0, 0.1) is 0 Å². The zero-order valence-electron chi connectivity index (χ0n) is 28.4. The van der Waals surface area contributed by atoms with Crippen LogP contribution < -0.4 is 4.90 Å². The third kappa shape index (κ3) is 4.80. The van der Waals surface area contributed by atoms with Gasteiger partial charge in [0.1, 0.15) is 12.3 Å². The van der Waals surface area contributed by atoms with Gasteiger partial charge in [0.25, 0.3) is 0 Å². The highest BCUT2D eigenvalue weighted by molar-refractivity contribution is 6.24. The minimum absolute atomic E-state index is 0.0330. The zero-order chi connectivity index (χ0) is 34.0. The molecule has 48 heavy (non-hydrogen) atoms. The Morgan fingerprint density at radius 2 is 1.46 bits per heavy atom. The topological polar surface area (TPSA) is 80.8 Å². The van der Waals surface area contributed by atoms with Crippen molar-refractivity contribution in [3.63, 3.8) is 0 Å². The molecule has 0 bridgehead atoms. The number of hydrogen-bond donors (Lipinski definition) is 2. The van der Waals surface area contributed by atoms with Crippen LogP contribution in [0.5, 0.6) is 0 Å². The van der Waals surface area contributed by atoms with Gasteiger partial charge in [0.05, 0.1) is 27.6 Å². The van der Waals surface area contributed by atoms with Gasteiger partial charge in [-0.3, -0.25) is 9.59 Å². The van der Waals surface area contributed by atoms with Crippen LogP contribution in [0.15, 0.2) is 108 Å². The van der Waals surface area contributed by atoms with Gasteiger partial charge >= 0.3 is 5.97 Å². The van der Waals surface area contributed by atoms with Crippen LogP contribution in [0.4, 0.5) is 11.4 Å². The summed E-state index contributed by atoms with van der Waals surface area (Å²) in [5.41, 5.74) is 6.54. The quantitative estimate of drug-likeness (QED) is 0.109. The molecule has 0 unspecified atom stereocenters. The highest BCUT2D eigenvalue weighted by atomic mass is 16.4. The van der Waals surface area contributed by atoms with Gasteiger partial charge in [-0.05, 0) is 62.1 Å². The molecule has 0 radical (unpaired) electrons. The first-order chi connectivity index (χ1) is 23.0. The summed E-state index contributed by atoms with van der Waals surface area (Å²) in [4.78, 5) is 27.4. The van der Waals surface area contributed by atoms with Gasteiger partial charge in [0, 0.05) is 47.5 Å². The van der Waals surface area contributed by atoms with Crippen LogP contribution in [0.1, 0.15) is 71.4 Å². The first-order valence-corrected chi connectivity index (χ1v) is 17.1. The minimum Gasteiger partial charge on any atom is -0.506 e. The second-order valence-corrected chi connectivity index (χ2v) is 14.3. The first kappa shape index (κ1) is 31.6. The number of aliphatic hydroxyl groups excluding tert-OH is 1. The number of carboxylic acids is 1. The summed E-state index contributed by atoms with van der Waals surface area (Å²) in [5, 5.41) is 25.3. The minimum atomic E-state index is -0.776. The number of unbranched alkanes of at least 4 members (excludes halogenated alkanes) is 2. The maximum atomic E-state index is 14.0. The van der Waals surface area contributed by atoms with Gasteiger partial charge in [0.15, 0.2) is 5.71 Å². The van der Waals surface area contributed by atoms with E-state index in [1.165, 1.54) is 27.6 Å². The lowest BCUT2D eigenvalue weighted by molar-refractivity contribution is -0.436. The lowest BCUT2D eigenvalue weighted by atomic mass is 9.77. The van der Waals surface area contributed by atoms with Crippen LogP contribution in [0.3, 0.4) is 0 Å². The number of nitrogens with zero attached hydrogens (tertiary/aromatic N) is 2. The normalized spacial score (nSPS) is 19.5. The van der Waals surface area contributed by atoms with E-state index in [2.05, 4.69) is 105 Å². The Bertz CT molecular complexity index is 2160. The van der Waals surface area contributed by atoms with Crippen molar-refractivity contribution >= 4 is 50.4 Å². The lowest BCUT2D eigenvalue weighted by Gasteiger charge is -2.28. The van der Waals surface area contributed by atoms with Crippen LogP contribution in [0.2, 0.25) is 0 Å². The second kappa shape index (κ2) is 11.6. The van der Waals surface area contributed by atoms with Crippen molar-refractivity contribution in [3.8, 4) is 0 Å². The molecule has 3 aliphatic rings. The molecule has 6 nitrogen and oxygen atoms in total. The third-order valence-electron chi connectivity index (χ3n) is 10.7. The number of anilines is 1. The molecule has 6 heteroatoms. The van der Waals surface area contributed by atoms with Crippen molar-refractivity contribution in [1.82, 2.24) is 0 Å². The van der Waals surface area contributed by atoms with Gasteiger partial charge in [-0.15, -0.1) is 0 Å². The number of likely N-dealkylation sites (N-methyl/N-ethyl adjacent to an activating group) is 1. The molecule has 7 rings (SSSR count). The highest BCUT2D eigenvalue weighted by Crippen LogP contribution is 2.52. The molecule has 244 valence electrons. The van der Waals surface area contributed by atoms with Gasteiger partial charge in [0.2, 0.25) is 11.5 Å². The van der Waals surface area contributed by atoms with E-state index in [-0.39, 0.29) is 23.4 Å². The average Bonchev–Trinajstić information content (AvgIpc) is 3.43. The summed E-state index contributed by atoms with van der Waals surface area (Å²) in [6, 6.07) is 25.4. The lowest BCUT2D eigenvalue weighted by Crippen LogP contribution is -2.32. The molecule has 2 aliphatic heterocycles. The summed E-state index contributed by atoms with van der Waals surface area (Å²) >= 11 is 0. The first-order valence-electron chi connectivity index (χ1n) is 17.1. The third-order valence-corrected chi connectivity index (χ3v) is 10.7. The molecule has 4 aromatic carbocycles. The van der Waals surface area contributed by atoms with E-state index >= 15 is 0 Å². The van der Waals surface area contributed by atoms with Crippen molar-refractivity contribution in [2.45, 2.75) is 71.1 Å². The summed E-state index contributed by atoms with van der Waals surface area (Å²) in [6.07, 6.45) is 6.17. The van der Waals surface area contributed by atoms with E-state index in [0.717, 1.165) is 47.3 Å². The Kier molecular flexibility index (Phi) is 7.66. The Morgan fingerprint density at radius 3 is 2.12 bits per heavy atom. The van der Waals surface area contributed by atoms with Gasteiger partial charge < -0.3 is 15.1 Å². The van der Waals surface area contributed by atoms with E-state index in [9.17, 15) is 14.7 Å². The fraction of sp³-hybridized carbons (Fsp3) is 0.310. The predicted octanol–water partition coefficient (Wildman–Crippen LogP) is 9.04. The summed E-state index contributed by atoms with van der Waals surface area (Å²) < 4.78 is 2.29. The number of rotatable bonds is 9. The van der Waals surface area contributed by atoms with Crippen molar-refractivity contribution in [2.75, 3.05) is 18.0 Å². The van der Waals surface area contributed by atoms with Crippen LogP contribution in [-0.2, 0) is 20.4 Å². The van der Waals surface area contributed by atoms with Crippen LogP contribution in [-0.4, -0.2) is 45.3 Å². The number of aliphatic carboxylic acids is 1. The molecule has 0 spiro atoms. The van der Waals surface area contributed by atoms with E-state index < -0.39 is 11.4 Å². The van der Waals surface area contributed by atoms with E-state index in [0.29, 0.717) is 24.1 Å². The highest BCUT2D eigenvalue weighted by Gasteiger charge is 2.48. The number of aliphatic hydroxyl groups is 1. The number of carbonyl (C=O) groups is 2. The van der Waals surface area contributed by atoms with E-state index in [1.807, 2.05) is 24.3 Å². The molecule has 0 saturated carbocycles. The SMILES string of the molecule is CCN1C(=CC2=C(O)/C(=C/C3=[N+](CCCCCC(=O)O)c4c(ccc5ccccc45)C3(C)C)C2=O)C(C)(C)c2ccc3ccccc3c21. The van der Waals surface area contributed by atoms with Gasteiger partial charge in [-0.2, -0.15) is 4.58 Å². The van der Waals surface area contributed by atoms with Crippen molar-refractivity contribution in [1.29, 1.82) is 0 Å². The van der Waals surface area contributed by atoms with Crippen LogP contribution >= 0.6 is 0 Å². The molecule has 0 saturated heterocycles. The molecular weight excluding hydrogens is 596 g/mol. The maximum Gasteiger partial charge on any atom is 0.303 e. The number of Topliss-reactive ketones (excluding diaryl/α,β-unsaturated/α-hetero) is 1. The Balaban J connectivity index is 1.31. The molecule has 0 amide bonds. The number of ketones is 1. The van der Waals surface area contributed by atoms with E-state index in [1.54, 1.807) is 0 Å². The average molecular weight is 640 g/mol. The summed E-state index contributed by atoms with van der Waals surface area (Å²) in [5.74, 6) is -0.897. The standard InChI is InChI=1S/C42H42N2O4/c1-6-43-34(41(2,3)32-21-19-26-14-9-11-16-28(26)37(32)43)24-30-39(47)31(40(30)48)25-35-42(4,5)33-22-20-27-15-10-12-17-29(27)38(33)44(35)23-13-7-8-18-36(45)46/h9-12,14-17,19-22,24-25H,6-8,13,18,23H2,1-5H3,(H-,45,46,47,48)/p+1. The fourth-order valence-corrected chi connectivity index (χ4v) is 8.08. The van der Waals surface area contributed by atoms with Crippen LogP contribution in [0.25, 0.3) is 21.5 Å². The van der Waals surface area contributed by atoms with Crippen molar-refractivity contribution in [3.05, 3.63) is 119 Å². The monoisotopic (exact) mass is 639 g/mol. The molecule has 2 heterocycles. The number of hydrogen-bond acceptors (Lipinski definition) is 4. The Morgan fingerprint density at radius 1 is 0.812 bits per heavy atom. The number of carboxylic acid groups (broad SMARTS) is 1. The molecular formula is C42H43N2O4+. The van der Waals surface area contributed by atoms with Crippen molar-refractivity contribution in [2.24, 2.45) is 0 Å². The molecule has 0 aromatic heterocycles. The summed E-state index contributed by atoms with van der Waals surface area (Å²) in [7, 11) is 0. The number of benzene rings is 4. The molecule has 1 aliphatic carbocycles. The summed E-state index contributed by atoms with van der Waals surface area (Å²) in [6.45, 7) is 12.3. The maximum absolute atomic E-state index is 14.0. The smallest absolute Gasteiger partial charge is 0.303 e.